The van der Waals surface area contributed by atoms with Crippen molar-refractivity contribution < 1.29 is 4.39 Å². The van der Waals surface area contributed by atoms with E-state index in [-0.39, 0.29) is 10.0 Å². The van der Waals surface area contributed by atoms with Crippen LogP contribution < -0.4 is 5.32 Å². The van der Waals surface area contributed by atoms with Crippen LogP contribution >= 0.6 is 39.1 Å². The third kappa shape index (κ3) is 3.55. The minimum absolute atomic E-state index is 0.192. The van der Waals surface area contributed by atoms with E-state index in [2.05, 4.69) is 31.2 Å². The van der Waals surface area contributed by atoms with E-state index in [1.807, 2.05) is 6.92 Å². The van der Waals surface area contributed by atoms with Crippen LogP contribution in [0.4, 0.5) is 15.9 Å². The summed E-state index contributed by atoms with van der Waals surface area (Å²) in [5.41, 5.74) is 0.414. The highest BCUT2D eigenvalue weighted by molar-refractivity contribution is 9.10. The molecular formula is C12H9BrCl2FN3. The van der Waals surface area contributed by atoms with E-state index in [0.717, 1.165) is 0 Å². The summed E-state index contributed by atoms with van der Waals surface area (Å²) in [6.45, 7) is 1.95. The second-order valence-corrected chi connectivity index (χ2v) is 5.34. The Morgan fingerprint density at radius 3 is 2.42 bits per heavy atom. The van der Waals surface area contributed by atoms with Gasteiger partial charge in [0.15, 0.2) is 0 Å². The summed E-state index contributed by atoms with van der Waals surface area (Å²) in [7, 11) is 0. The Bertz CT molecular complexity index is 599. The molecule has 7 heteroatoms. The summed E-state index contributed by atoms with van der Waals surface area (Å²) in [4.78, 5) is 8.48. The van der Waals surface area contributed by atoms with Crippen molar-refractivity contribution in [3.8, 4) is 0 Å². The smallest absolute Gasteiger partial charge is 0.135 e. The summed E-state index contributed by atoms with van der Waals surface area (Å²) in [6.07, 6.45) is 0.693. The molecule has 0 aliphatic heterocycles. The molecule has 0 saturated carbocycles. The SMILES string of the molecule is CCc1nc(Br)cc(Nc2c(Cl)cc(F)cc2Cl)n1. The Labute approximate surface area is 128 Å². The molecule has 2 aromatic rings. The first kappa shape index (κ1) is 14.5. The summed E-state index contributed by atoms with van der Waals surface area (Å²) in [5.74, 6) is 0.721. The number of aromatic nitrogens is 2. The molecule has 0 bridgehead atoms. The molecule has 2 rings (SSSR count). The maximum absolute atomic E-state index is 13.1. The Morgan fingerprint density at radius 1 is 1.21 bits per heavy atom. The quantitative estimate of drug-likeness (QED) is 0.779. The Hall–Kier alpha value is -0.910. The lowest BCUT2D eigenvalue weighted by Gasteiger charge is -2.11. The minimum Gasteiger partial charge on any atom is -0.338 e. The molecule has 1 aromatic carbocycles. The first-order valence-electron chi connectivity index (χ1n) is 5.44. The highest BCUT2D eigenvalue weighted by atomic mass is 79.9. The number of benzene rings is 1. The van der Waals surface area contributed by atoms with Crippen molar-refractivity contribution in [1.82, 2.24) is 9.97 Å². The highest BCUT2D eigenvalue weighted by Gasteiger charge is 2.10. The number of nitrogens with one attached hydrogen (secondary N) is 1. The van der Waals surface area contributed by atoms with Crippen molar-refractivity contribution in [3.05, 3.63) is 44.5 Å². The van der Waals surface area contributed by atoms with Crippen LogP contribution in [0.2, 0.25) is 10.0 Å². The molecule has 19 heavy (non-hydrogen) atoms. The summed E-state index contributed by atoms with van der Waals surface area (Å²) in [6, 6.07) is 4.06. The lowest BCUT2D eigenvalue weighted by Crippen LogP contribution is -2.01. The van der Waals surface area contributed by atoms with Crippen LogP contribution in [-0.4, -0.2) is 9.97 Å². The first-order valence-corrected chi connectivity index (χ1v) is 6.99. The zero-order valence-corrected chi connectivity index (χ0v) is 12.9. The number of anilines is 2. The van der Waals surface area contributed by atoms with Gasteiger partial charge in [0.05, 0.1) is 15.7 Å². The summed E-state index contributed by atoms with van der Waals surface area (Å²) in [5, 5.41) is 3.36. The van der Waals surface area contributed by atoms with Crippen LogP contribution in [-0.2, 0) is 6.42 Å². The van der Waals surface area contributed by atoms with Crippen molar-refractivity contribution in [2.24, 2.45) is 0 Å². The van der Waals surface area contributed by atoms with Crippen molar-refractivity contribution in [2.45, 2.75) is 13.3 Å². The predicted molar refractivity (Wildman–Crippen MR) is 78.8 cm³/mol. The van der Waals surface area contributed by atoms with Gasteiger partial charge in [-0.25, -0.2) is 14.4 Å². The van der Waals surface area contributed by atoms with Crippen LogP contribution in [0.3, 0.4) is 0 Å². The molecule has 0 amide bonds. The van der Waals surface area contributed by atoms with Gasteiger partial charge >= 0.3 is 0 Å². The fourth-order valence-electron chi connectivity index (χ4n) is 1.48. The van der Waals surface area contributed by atoms with E-state index in [9.17, 15) is 4.39 Å². The molecule has 0 aliphatic carbocycles. The maximum atomic E-state index is 13.1. The minimum atomic E-state index is -0.487. The monoisotopic (exact) mass is 363 g/mol. The maximum Gasteiger partial charge on any atom is 0.135 e. The zero-order chi connectivity index (χ0) is 14.0. The molecule has 0 saturated heterocycles. The van der Waals surface area contributed by atoms with Gasteiger partial charge in [0.1, 0.15) is 22.1 Å². The molecule has 0 unspecified atom stereocenters. The lowest BCUT2D eigenvalue weighted by atomic mass is 10.3. The predicted octanol–water partition coefficient (Wildman–Crippen LogP) is 4.99. The molecule has 0 spiro atoms. The molecule has 1 aromatic heterocycles. The number of aryl methyl sites for hydroxylation is 1. The Morgan fingerprint density at radius 2 is 1.84 bits per heavy atom. The normalized spacial score (nSPS) is 10.6. The van der Waals surface area contributed by atoms with E-state index in [0.29, 0.717) is 28.4 Å². The molecule has 1 N–H and O–H groups in total. The van der Waals surface area contributed by atoms with Crippen LogP contribution in [0.5, 0.6) is 0 Å². The van der Waals surface area contributed by atoms with Gasteiger partial charge in [-0.05, 0) is 28.1 Å². The average Bonchev–Trinajstić information content (AvgIpc) is 2.33. The largest absolute Gasteiger partial charge is 0.338 e. The second-order valence-electron chi connectivity index (χ2n) is 3.72. The molecule has 0 atom stereocenters. The molecule has 0 aliphatic rings. The van der Waals surface area contributed by atoms with Gasteiger partial charge in [-0.1, -0.05) is 30.1 Å². The topological polar surface area (TPSA) is 37.8 Å². The van der Waals surface area contributed by atoms with Crippen LogP contribution in [0.1, 0.15) is 12.7 Å². The Kier molecular flexibility index (Phi) is 4.60. The number of hydrogen-bond donors (Lipinski definition) is 1. The van der Waals surface area contributed by atoms with Crippen molar-refractivity contribution in [2.75, 3.05) is 5.32 Å². The highest BCUT2D eigenvalue weighted by Crippen LogP contribution is 2.33. The van der Waals surface area contributed by atoms with E-state index in [1.54, 1.807) is 6.07 Å². The molecule has 1 heterocycles. The third-order valence-corrected chi connectivity index (χ3v) is 3.32. The number of rotatable bonds is 3. The van der Waals surface area contributed by atoms with Gasteiger partial charge in [0, 0.05) is 12.5 Å². The van der Waals surface area contributed by atoms with Gasteiger partial charge < -0.3 is 5.32 Å². The number of hydrogen-bond acceptors (Lipinski definition) is 3. The van der Waals surface area contributed by atoms with Crippen molar-refractivity contribution >= 4 is 50.6 Å². The van der Waals surface area contributed by atoms with E-state index < -0.39 is 5.82 Å². The van der Waals surface area contributed by atoms with Gasteiger partial charge in [0.25, 0.3) is 0 Å². The first-order chi connectivity index (χ1) is 8.99. The average molecular weight is 365 g/mol. The zero-order valence-electron chi connectivity index (χ0n) is 9.85. The number of halogens is 4. The van der Waals surface area contributed by atoms with Gasteiger partial charge in [-0.15, -0.1) is 0 Å². The standard InChI is InChI=1S/C12H9BrCl2FN3/c1-2-10-17-9(13)5-11(18-10)19-12-7(14)3-6(16)4-8(12)15/h3-5H,2H2,1H3,(H,17,18,19). The molecule has 0 radical (unpaired) electrons. The number of nitrogens with zero attached hydrogens (tertiary/aromatic N) is 2. The summed E-state index contributed by atoms with van der Waals surface area (Å²) < 4.78 is 13.7. The molecular weight excluding hydrogens is 356 g/mol. The molecule has 3 nitrogen and oxygen atoms in total. The van der Waals surface area contributed by atoms with Crippen molar-refractivity contribution in [1.29, 1.82) is 0 Å². The van der Waals surface area contributed by atoms with E-state index in [4.69, 9.17) is 23.2 Å². The van der Waals surface area contributed by atoms with Crippen LogP contribution in [0.25, 0.3) is 0 Å². The van der Waals surface area contributed by atoms with Gasteiger partial charge in [-0.2, -0.15) is 0 Å². The van der Waals surface area contributed by atoms with Gasteiger partial charge in [0.2, 0.25) is 0 Å². The van der Waals surface area contributed by atoms with Gasteiger partial charge in [-0.3, -0.25) is 0 Å². The van der Waals surface area contributed by atoms with E-state index in [1.165, 1.54) is 12.1 Å². The fourth-order valence-corrected chi connectivity index (χ4v) is 2.45. The Balaban J connectivity index is 2.39. The third-order valence-electron chi connectivity index (χ3n) is 2.32. The van der Waals surface area contributed by atoms with Crippen molar-refractivity contribution in [3.63, 3.8) is 0 Å². The second kappa shape index (κ2) is 6.03. The lowest BCUT2D eigenvalue weighted by molar-refractivity contribution is 0.628. The van der Waals surface area contributed by atoms with E-state index >= 15 is 0 Å². The molecule has 0 fully saturated rings. The fraction of sp³-hybridized carbons (Fsp3) is 0.167. The van der Waals surface area contributed by atoms with Crippen LogP contribution in [0, 0.1) is 5.82 Å². The van der Waals surface area contributed by atoms with Crippen LogP contribution in [0.15, 0.2) is 22.8 Å². The molecule has 100 valence electrons. The summed E-state index contributed by atoms with van der Waals surface area (Å²) >= 11 is 15.2.